The molecule has 1 atom stereocenters. The summed E-state index contributed by atoms with van der Waals surface area (Å²) in [7, 11) is 0. The van der Waals surface area contributed by atoms with Gasteiger partial charge in [0.15, 0.2) is 5.96 Å². The monoisotopic (exact) mass is 351 g/mol. The molecule has 0 heterocycles. The van der Waals surface area contributed by atoms with E-state index in [-0.39, 0.29) is 37.0 Å². The molecule has 1 unspecified atom stereocenters. The van der Waals surface area contributed by atoms with Crippen LogP contribution in [0.5, 0.6) is 5.75 Å². The minimum Gasteiger partial charge on any atom is -0.406 e. The van der Waals surface area contributed by atoms with E-state index >= 15 is 0 Å². The Morgan fingerprint density at radius 3 is 2.79 bits per heavy atom. The van der Waals surface area contributed by atoms with Gasteiger partial charge in [-0.05, 0) is 30.9 Å². The molecule has 0 spiro atoms. The van der Waals surface area contributed by atoms with Crippen molar-refractivity contribution in [1.82, 2.24) is 0 Å². The largest absolute Gasteiger partial charge is 0.573 e. The van der Waals surface area contributed by atoms with Gasteiger partial charge in [-0.2, -0.15) is 0 Å². The molecule has 0 bridgehead atoms. The molecule has 1 fully saturated rings. The predicted octanol–water partition coefficient (Wildman–Crippen LogP) is 4.14. The molecule has 1 aliphatic carbocycles. The lowest BCUT2D eigenvalue weighted by molar-refractivity contribution is -0.274. The second kappa shape index (κ2) is 7.23. The van der Waals surface area contributed by atoms with Crippen molar-refractivity contribution in [2.45, 2.75) is 38.0 Å². The first-order valence-electron chi connectivity index (χ1n) is 7.43. The molecule has 9 heteroatoms. The number of hydrogen-bond donors (Lipinski definition) is 2. The van der Waals surface area contributed by atoms with Gasteiger partial charge in [0.1, 0.15) is 5.75 Å². The van der Waals surface area contributed by atoms with Crippen molar-refractivity contribution in [1.29, 1.82) is 0 Å². The van der Waals surface area contributed by atoms with Crippen molar-refractivity contribution < 1.29 is 26.7 Å². The number of nitrogens with zero attached hydrogens (tertiary/aromatic N) is 1. The van der Waals surface area contributed by atoms with E-state index in [1.807, 2.05) is 0 Å². The summed E-state index contributed by atoms with van der Waals surface area (Å²) < 4.78 is 66.9. The van der Waals surface area contributed by atoms with E-state index in [1.165, 1.54) is 12.1 Å². The van der Waals surface area contributed by atoms with Gasteiger partial charge in [0.25, 0.3) is 0 Å². The molecule has 1 aliphatic rings. The first-order valence-corrected chi connectivity index (χ1v) is 7.43. The molecule has 3 N–H and O–H groups in total. The number of aliphatic imine (C=N–C) groups is 1. The van der Waals surface area contributed by atoms with Crippen LogP contribution < -0.4 is 15.8 Å². The van der Waals surface area contributed by atoms with Crippen LogP contribution in [0.2, 0.25) is 0 Å². The fraction of sp³-hybridized carbons (Fsp3) is 0.533. The van der Waals surface area contributed by atoms with Gasteiger partial charge in [-0.3, -0.25) is 4.99 Å². The van der Waals surface area contributed by atoms with E-state index in [2.05, 4.69) is 15.0 Å². The summed E-state index contributed by atoms with van der Waals surface area (Å²) in [6.07, 6.45) is -4.02. The zero-order valence-electron chi connectivity index (χ0n) is 12.7. The molecular weight excluding hydrogens is 333 g/mol. The highest BCUT2D eigenvalue weighted by Crippen LogP contribution is 2.36. The maximum Gasteiger partial charge on any atom is 0.573 e. The molecule has 134 valence electrons. The lowest BCUT2D eigenvalue weighted by atomic mass is 9.87. The maximum atomic E-state index is 13.3. The zero-order chi connectivity index (χ0) is 17.8. The summed E-state index contributed by atoms with van der Waals surface area (Å²) in [5.74, 6) is -3.36. The van der Waals surface area contributed by atoms with Gasteiger partial charge in [0.05, 0.1) is 0 Å². The van der Waals surface area contributed by atoms with Crippen LogP contribution in [0.1, 0.15) is 25.7 Å². The summed E-state index contributed by atoms with van der Waals surface area (Å²) in [4.78, 5) is 4.00. The van der Waals surface area contributed by atoms with Crippen LogP contribution in [0.4, 0.5) is 27.6 Å². The summed E-state index contributed by atoms with van der Waals surface area (Å²) in [6, 6.07) is 5.11. The maximum absolute atomic E-state index is 13.3. The highest BCUT2D eigenvalue weighted by molar-refractivity contribution is 5.92. The predicted molar refractivity (Wildman–Crippen MR) is 80.1 cm³/mol. The van der Waals surface area contributed by atoms with Gasteiger partial charge in [0.2, 0.25) is 5.92 Å². The summed E-state index contributed by atoms with van der Waals surface area (Å²) in [5, 5.41) is 2.62. The van der Waals surface area contributed by atoms with Crippen LogP contribution in [0.25, 0.3) is 0 Å². The van der Waals surface area contributed by atoms with Gasteiger partial charge < -0.3 is 15.8 Å². The standard InChI is InChI=1S/C15H18F5N3O/c16-14(17)6-2-3-10(8-14)9-22-13(21)23-11-4-1-5-12(7-11)24-15(18,19)20/h1,4-5,7,10H,2-3,6,8-9H2,(H3,21,22,23). The number of rotatable bonds is 4. The van der Waals surface area contributed by atoms with Gasteiger partial charge >= 0.3 is 6.36 Å². The van der Waals surface area contributed by atoms with Crippen LogP contribution in [0.3, 0.4) is 0 Å². The van der Waals surface area contributed by atoms with E-state index in [9.17, 15) is 22.0 Å². The smallest absolute Gasteiger partial charge is 0.406 e. The first-order chi connectivity index (χ1) is 11.1. The Labute approximate surface area is 135 Å². The number of guanidine groups is 1. The number of nitrogens with two attached hydrogens (primary N) is 1. The molecule has 1 aromatic carbocycles. The van der Waals surface area contributed by atoms with Crippen molar-refractivity contribution in [3.05, 3.63) is 24.3 Å². The van der Waals surface area contributed by atoms with E-state index < -0.39 is 18.0 Å². The van der Waals surface area contributed by atoms with Crippen molar-refractivity contribution in [3.63, 3.8) is 0 Å². The first kappa shape index (κ1) is 18.3. The molecule has 0 radical (unpaired) electrons. The average molecular weight is 351 g/mol. The average Bonchev–Trinajstić information content (AvgIpc) is 2.42. The summed E-state index contributed by atoms with van der Waals surface area (Å²) in [5.41, 5.74) is 5.91. The third-order valence-corrected chi connectivity index (χ3v) is 3.60. The number of anilines is 1. The molecule has 0 saturated heterocycles. The third-order valence-electron chi connectivity index (χ3n) is 3.60. The van der Waals surface area contributed by atoms with Gasteiger partial charge in [-0.15, -0.1) is 13.2 Å². The lowest BCUT2D eigenvalue weighted by Gasteiger charge is -2.27. The fourth-order valence-electron chi connectivity index (χ4n) is 2.62. The Balaban J connectivity index is 1.91. The molecule has 0 amide bonds. The number of alkyl halides is 5. The third kappa shape index (κ3) is 6.21. The number of hydrogen-bond acceptors (Lipinski definition) is 2. The van der Waals surface area contributed by atoms with Crippen LogP contribution >= 0.6 is 0 Å². The van der Waals surface area contributed by atoms with Gasteiger partial charge in [-0.1, -0.05) is 6.07 Å². The van der Waals surface area contributed by atoms with Crippen molar-refractivity contribution >= 4 is 11.6 Å². The highest BCUT2D eigenvalue weighted by Gasteiger charge is 2.36. The Hall–Kier alpha value is -2.06. The van der Waals surface area contributed by atoms with E-state index in [0.29, 0.717) is 12.8 Å². The minimum absolute atomic E-state index is 0.0481. The van der Waals surface area contributed by atoms with Crippen LogP contribution in [0.15, 0.2) is 29.3 Å². The number of ether oxygens (including phenoxy) is 1. The minimum atomic E-state index is -4.79. The molecule has 0 aliphatic heterocycles. The molecule has 1 saturated carbocycles. The van der Waals surface area contributed by atoms with E-state index in [1.54, 1.807) is 0 Å². The van der Waals surface area contributed by atoms with Gasteiger partial charge in [-0.25, -0.2) is 8.78 Å². The number of nitrogens with one attached hydrogen (secondary N) is 1. The van der Waals surface area contributed by atoms with Gasteiger partial charge in [0, 0.05) is 31.1 Å². The summed E-state index contributed by atoms with van der Waals surface area (Å²) in [6.45, 7) is 0.146. The molecule has 0 aromatic heterocycles. The Bertz CT molecular complexity index is 589. The van der Waals surface area contributed by atoms with Crippen LogP contribution in [-0.2, 0) is 0 Å². The fourth-order valence-corrected chi connectivity index (χ4v) is 2.62. The normalized spacial score (nSPS) is 21.4. The SMILES string of the molecule is NC(=NCC1CCCC(F)(F)C1)Nc1cccc(OC(F)(F)F)c1. The van der Waals surface area contributed by atoms with E-state index in [0.717, 1.165) is 12.1 Å². The quantitative estimate of drug-likeness (QED) is 0.487. The Morgan fingerprint density at radius 2 is 2.12 bits per heavy atom. The molecule has 1 aromatic rings. The highest BCUT2D eigenvalue weighted by atomic mass is 19.4. The van der Waals surface area contributed by atoms with Crippen molar-refractivity contribution in [2.24, 2.45) is 16.6 Å². The van der Waals surface area contributed by atoms with Crippen LogP contribution in [0, 0.1) is 5.92 Å². The lowest BCUT2D eigenvalue weighted by Crippen LogP contribution is -2.29. The summed E-state index contributed by atoms with van der Waals surface area (Å²) >= 11 is 0. The molecule has 2 rings (SSSR count). The second-order valence-electron chi connectivity index (χ2n) is 5.74. The topological polar surface area (TPSA) is 59.6 Å². The van der Waals surface area contributed by atoms with Crippen molar-refractivity contribution in [2.75, 3.05) is 11.9 Å². The molecule has 24 heavy (non-hydrogen) atoms. The Morgan fingerprint density at radius 1 is 1.38 bits per heavy atom. The Kier molecular flexibility index (Phi) is 5.51. The van der Waals surface area contributed by atoms with E-state index in [4.69, 9.17) is 5.73 Å². The van der Waals surface area contributed by atoms with Crippen LogP contribution in [-0.4, -0.2) is 24.8 Å². The molecular formula is C15H18F5N3O. The number of benzene rings is 1. The molecule has 4 nitrogen and oxygen atoms in total. The van der Waals surface area contributed by atoms with Crippen molar-refractivity contribution in [3.8, 4) is 5.75 Å². The zero-order valence-corrected chi connectivity index (χ0v) is 12.7. The second-order valence-corrected chi connectivity index (χ2v) is 5.74. The number of halogens is 5.